The van der Waals surface area contributed by atoms with Crippen LogP contribution in [0.25, 0.3) is 0 Å². The molecule has 1 heterocycles. The lowest BCUT2D eigenvalue weighted by Gasteiger charge is -2.22. The summed E-state index contributed by atoms with van der Waals surface area (Å²) in [6.45, 7) is 6.05. The second kappa shape index (κ2) is 6.01. The van der Waals surface area contributed by atoms with Gasteiger partial charge in [-0.15, -0.1) is 0 Å². The largest absolute Gasteiger partial charge is 0.390 e. The smallest absolute Gasteiger partial charge is 0.131 e. The number of hydrogen-bond acceptors (Lipinski definition) is 4. The summed E-state index contributed by atoms with van der Waals surface area (Å²) in [6.07, 6.45) is 1.79. The Balaban J connectivity index is 2.41. The average Bonchev–Trinajstić information content (AvgIpc) is 2.45. The van der Waals surface area contributed by atoms with Gasteiger partial charge in [-0.25, -0.2) is 9.97 Å². The van der Waals surface area contributed by atoms with Gasteiger partial charge in [0.2, 0.25) is 0 Å². The maximum Gasteiger partial charge on any atom is 0.131 e. The van der Waals surface area contributed by atoms with Gasteiger partial charge in [-0.1, -0.05) is 26.0 Å². The van der Waals surface area contributed by atoms with E-state index in [0.29, 0.717) is 5.69 Å². The van der Waals surface area contributed by atoms with Gasteiger partial charge in [0.25, 0.3) is 0 Å². The van der Waals surface area contributed by atoms with E-state index in [4.69, 9.17) is 0 Å². The highest BCUT2D eigenvalue weighted by Gasteiger charge is 2.13. The minimum Gasteiger partial charge on any atom is -0.390 e. The first-order valence-corrected chi connectivity index (χ1v) is 6.80. The summed E-state index contributed by atoms with van der Waals surface area (Å²) in [6, 6.07) is 8.20. The molecule has 0 bridgehead atoms. The molecular formula is C16H21N3O. The van der Waals surface area contributed by atoms with Crippen LogP contribution in [-0.4, -0.2) is 22.1 Å². The maximum atomic E-state index is 9.56. The lowest BCUT2D eigenvalue weighted by Crippen LogP contribution is -2.15. The molecule has 0 fully saturated rings. The van der Waals surface area contributed by atoms with Gasteiger partial charge in [-0.3, -0.25) is 0 Å². The van der Waals surface area contributed by atoms with Crippen LogP contribution in [0.3, 0.4) is 0 Å². The summed E-state index contributed by atoms with van der Waals surface area (Å²) >= 11 is 0. The average molecular weight is 271 g/mol. The van der Waals surface area contributed by atoms with Crippen LogP contribution in [0.2, 0.25) is 0 Å². The molecule has 0 amide bonds. The molecule has 1 N–H and O–H groups in total. The van der Waals surface area contributed by atoms with Crippen molar-refractivity contribution < 1.29 is 5.11 Å². The Morgan fingerprint density at radius 2 is 2.05 bits per heavy atom. The Kier molecular flexibility index (Phi) is 4.35. The molecule has 20 heavy (non-hydrogen) atoms. The zero-order chi connectivity index (χ0) is 14.7. The molecule has 0 aliphatic heterocycles. The van der Waals surface area contributed by atoms with Crippen molar-refractivity contribution in [2.24, 2.45) is 0 Å². The standard InChI is InChI=1S/C16H21N3O/c1-11(2)16-17-9-15(14(10-20)18-16)19(4)13-7-5-6-12(3)8-13/h5-9,11,20H,10H2,1-4H3. The monoisotopic (exact) mass is 271 g/mol. The quantitative estimate of drug-likeness (QED) is 0.928. The SMILES string of the molecule is Cc1cccc(N(C)c2cnc(C(C)C)nc2CO)c1. The molecule has 0 aliphatic carbocycles. The highest BCUT2D eigenvalue weighted by molar-refractivity contribution is 5.64. The Morgan fingerprint density at radius 3 is 2.65 bits per heavy atom. The predicted molar refractivity (Wildman–Crippen MR) is 81.3 cm³/mol. The summed E-state index contributed by atoms with van der Waals surface area (Å²) in [5, 5.41) is 9.56. The number of benzene rings is 1. The minimum absolute atomic E-state index is 0.0896. The van der Waals surface area contributed by atoms with Crippen molar-refractivity contribution in [3.05, 3.63) is 47.5 Å². The van der Waals surface area contributed by atoms with Crippen LogP contribution in [0.1, 0.15) is 36.8 Å². The molecule has 0 spiro atoms. The number of rotatable bonds is 4. The number of aliphatic hydroxyl groups excluding tert-OH is 1. The van der Waals surface area contributed by atoms with Crippen molar-refractivity contribution in [2.75, 3.05) is 11.9 Å². The molecule has 0 radical (unpaired) electrons. The number of hydrogen-bond donors (Lipinski definition) is 1. The third-order valence-electron chi connectivity index (χ3n) is 3.28. The Labute approximate surface area is 120 Å². The summed E-state index contributed by atoms with van der Waals surface area (Å²) in [7, 11) is 1.96. The van der Waals surface area contributed by atoms with Crippen molar-refractivity contribution in [1.29, 1.82) is 0 Å². The molecular weight excluding hydrogens is 250 g/mol. The van der Waals surface area contributed by atoms with Crippen molar-refractivity contribution in [3.63, 3.8) is 0 Å². The Hall–Kier alpha value is -1.94. The minimum atomic E-state index is -0.0896. The molecule has 0 saturated heterocycles. The van der Waals surface area contributed by atoms with E-state index in [1.165, 1.54) is 5.56 Å². The van der Waals surface area contributed by atoms with Crippen LogP contribution < -0.4 is 4.90 Å². The van der Waals surface area contributed by atoms with E-state index < -0.39 is 0 Å². The molecule has 2 rings (SSSR count). The van der Waals surface area contributed by atoms with E-state index in [1.54, 1.807) is 6.20 Å². The van der Waals surface area contributed by atoms with Gasteiger partial charge in [-0.05, 0) is 24.6 Å². The summed E-state index contributed by atoms with van der Waals surface area (Å²) in [5.74, 6) is 1.01. The van der Waals surface area contributed by atoms with E-state index in [-0.39, 0.29) is 12.5 Å². The second-order valence-electron chi connectivity index (χ2n) is 5.27. The molecule has 2 aromatic rings. The van der Waals surface area contributed by atoms with E-state index >= 15 is 0 Å². The highest BCUT2D eigenvalue weighted by Crippen LogP contribution is 2.27. The summed E-state index contributed by atoms with van der Waals surface area (Å²) in [4.78, 5) is 10.9. The van der Waals surface area contributed by atoms with E-state index in [1.807, 2.05) is 37.9 Å². The van der Waals surface area contributed by atoms with E-state index in [9.17, 15) is 5.11 Å². The lowest BCUT2D eigenvalue weighted by atomic mass is 10.2. The van der Waals surface area contributed by atoms with Crippen LogP contribution in [-0.2, 0) is 6.61 Å². The molecule has 4 nitrogen and oxygen atoms in total. The third-order valence-corrected chi connectivity index (χ3v) is 3.28. The third kappa shape index (κ3) is 2.96. The zero-order valence-corrected chi connectivity index (χ0v) is 12.5. The fraction of sp³-hybridized carbons (Fsp3) is 0.375. The molecule has 106 valence electrons. The molecule has 4 heteroatoms. The topological polar surface area (TPSA) is 49.2 Å². The zero-order valence-electron chi connectivity index (χ0n) is 12.5. The van der Waals surface area contributed by atoms with Gasteiger partial charge in [0.1, 0.15) is 5.82 Å². The number of aromatic nitrogens is 2. The second-order valence-corrected chi connectivity index (χ2v) is 5.27. The first-order valence-electron chi connectivity index (χ1n) is 6.80. The molecule has 0 aliphatic rings. The van der Waals surface area contributed by atoms with Gasteiger partial charge in [-0.2, -0.15) is 0 Å². The van der Waals surface area contributed by atoms with E-state index in [0.717, 1.165) is 17.2 Å². The number of nitrogens with zero attached hydrogens (tertiary/aromatic N) is 3. The first-order chi connectivity index (χ1) is 9.52. The molecule has 1 aromatic heterocycles. The van der Waals surface area contributed by atoms with Crippen LogP contribution in [0, 0.1) is 6.92 Å². The van der Waals surface area contributed by atoms with Crippen molar-refractivity contribution in [2.45, 2.75) is 33.3 Å². The summed E-state index contributed by atoms with van der Waals surface area (Å²) in [5.41, 5.74) is 3.75. The van der Waals surface area contributed by atoms with Crippen molar-refractivity contribution in [1.82, 2.24) is 9.97 Å². The predicted octanol–water partition coefficient (Wildman–Crippen LogP) is 3.17. The number of aliphatic hydroxyl groups is 1. The van der Waals surface area contributed by atoms with Gasteiger partial charge in [0.15, 0.2) is 0 Å². The van der Waals surface area contributed by atoms with Gasteiger partial charge in [0, 0.05) is 18.7 Å². The van der Waals surface area contributed by atoms with Crippen LogP contribution in [0.4, 0.5) is 11.4 Å². The maximum absolute atomic E-state index is 9.56. The molecule has 0 atom stereocenters. The lowest BCUT2D eigenvalue weighted by molar-refractivity contribution is 0.276. The Morgan fingerprint density at radius 1 is 1.30 bits per heavy atom. The highest BCUT2D eigenvalue weighted by atomic mass is 16.3. The Bertz CT molecular complexity index is 596. The van der Waals surface area contributed by atoms with E-state index in [2.05, 4.69) is 29.0 Å². The van der Waals surface area contributed by atoms with Crippen LogP contribution in [0.15, 0.2) is 30.5 Å². The van der Waals surface area contributed by atoms with Crippen LogP contribution in [0.5, 0.6) is 0 Å². The molecule has 0 saturated carbocycles. The fourth-order valence-electron chi connectivity index (χ4n) is 2.08. The normalized spacial score (nSPS) is 10.9. The van der Waals surface area contributed by atoms with Gasteiger partial charge < -0.3 is 10.0 Å². The summed E-state index contributed by atoms with van der Waals surface area (Å²) < 4.78 is 0. The molecule has 0 unspecified atom stereocenters. The van der Waals surface area contributed by atoms with Crippen molar-refractivity contribution >= 4 is 11.4 Å². The number of anilines is 2. The van der Waals surface area contributed by atoms with Crippen LogP contribution >= 0.6 is 0 Å². The molecule has 1 aromatic carbocycles. The first kappa shape index (κ1) is 14.5. The van der Waals surface area contributed by atoms with Crippen molar-refractivity contribution in [3.8, 4) is 0 Å². The van der Waals surface area contributed by atoms with Gasteiger partial charge >= 0.3 is 0 Å². The van der Waals surface area contributed by atoms with Gasteiger partial charge in [0.05, 0.1) is 24.2 Å². The number of aryl methyl sites for hydroxylation is 1. The fourth-order valence-corrected chi connectivity index (χ4v) is 2.08.